The Labute approximate surface area is 75.5 Å². The first kappa shape index (κ1) is 9.58. The van der Waals surface area contributed by atoms with Crippen LogP contribution in [0, 0.1) is 5.41 Å². The van der Waals surface area contributed by atoms with Crippen molar-refractivity contribution in [3.8, 4) is 0 Å². The third-order valence-electron chi connectivity index (χ3n) is 2.14. The smallest absolute Gasteiger partial charge is 0.310 e. The molecule has 0 spiro atoms. The molecule has 0 aromatic heterocycles. The summed E-state index contributed by atoms with van der Waals surface area (Å²) in [4.78, 5) is 21.7. The molecule has 0 saturated carbocycles. The average Bonchev–Trinajstić information content (AvgIpc) is 2.35. The first-order chi connectivity index (χ1) is 5.57. The van der Waals surface area contributed by atoms with Gasteiger partial charge in [-0.05, 0) is 19.1 Å². The van der Waals surface area contributed by atoms with Crippen LogP contribution in [-0.4, -0.2) is 28.4 Å². The maximum atomic E-state index is 10.9. The zero-order valence-electron chi connectivity index (χ0n) is 7.00. The van der Waals surface area contributed by atoms with Crippen molar-refractivity contribution in [2.24, 2.45) is 5.41 Å². The molecular formula is C8H12O3S. The largest absolute Gasteiger partial charge is 0.481 e. The summed E-state index contributed by atoms with van der Waals surface area (Å²) in [6, 6.07) is 0. The molecule has 0 aromatic rings. The van der Waals surface area contributed by atoms with E-state index < -0.39 is 11.4 Å². The van der Waals surface area contributed by atoms with Gasteiger partial charge in [-0.15, -0.1) is 0 Å². The van der Waals surface area contributed by atoms with Crippen molar-refractivity contribution >= 4 is 23.5 Å². The van der Waals surface area contributed by atoms with Gasteiger partial charge in [0.25, 0.3) is 0 Å². The molecule has 1 aliphatic heterocycles. The van der Waals surface area contributed by atoms with Gasteiger partial charge in [0, 0.05) is 12.2 Å². The van der Waals surface area contributed by atoms with Crippen LogP contribution in [0.4, 0.5) is 0 Å². The van der Waals surface area contributed by atoms with Crippen molar-refractivity contribution in [3.63, 3.8) is 0 Å². The van der Waals surface area contributed by atoms with Gasteiger partial charge in [-0.3, -0.25) is 9.59 Å². The minimum absolute atomic E-state index is 0.0279. The van der Waals surface area contributed by atoms with E-state index in [0.29, 0.717) is 12.2 Å². The Morgan fingerprint density at radius 3 is 2.58 bits per heavy atom. The van der Waals surface area contributed by atoms with Crippen LogP contribution in [0.1, 0.15) is 19.8 Å². The van der Waals surface area contributed by atoms with Crippen molar-refractivity contribution in [2.75, 3.05) is 11.5 Å². The van der Waals surface area contributed by atoms with Crippen LogP contribution >= 0.6 is 11.8 Å². The van der Waals surface area contributed by atoms with E-state index in [9.17, 15) is 9.59 Å². The molecule has 0 aromatic carbocycles. The molecule has 0 amide bonds. The molecule has 68 valence electrons. The highest BCUT2D eigenvalue weighted by molar-refractivity contribution is 7.99. The van der Waals surface area contributed by atoms with Crippen LogP contribution in [0.15, 0.2) is 0 Å². The van der Waals surface area contributed by atoms with Gasteiger partial charge in [0.2, 0.25) is 0 Å². The topological polar surface area (TPSA) is 54.4 Å². The molecule has 1 atom stereocenters. The highest BCUT2D eigenvalue weighted by Crippen LogP contribution is 2.39. The molecule has 1 unspecified atom stereocenters. The fourth-order valence-corrected chi connectivity index (χ4v) is 2.91. The van der Waals surface area contributed by atoms with E-state index in [2.05, 4.69) is 0 Å². The summed E-state index contributed by atoms with van der Waals surface area (Å²) in [5, 5.41) is 8.95. The first-order valence-electron chi connectivity index (χ1n) is 3.87. The van der Waals surface area contributed by atoms with E-state index in [1.54, 1.807) is 11.8 Å². The molecule has 0 radical (unpaired) electrons. The summed E-state index contributed by atoms with van der Waals surface area (Å²) >= 11 is 1.62. The van der Waals surface area contributed by atoms with E-state index in [1.165, 1.54) is 6.92 Å². The highest BCUT2D eigenvalue weighted by Gasteiger charge is 2.42. The SMILES string of the molecule is CC(=O)CC1(C(=O)O)CCSC1. The summed E-state index contributed by atoms with van der Waals surface area (Å²) in [5.41, 5.74) is -0.753. The molecule has 12 heavy (non-hydrogen) atoms. The Morgan fingerprint density at radius 1 is 1.58 bits per heavy atom. The lowest BCUT2D eigenvalue weighted by Crippen LogP contribution is -2.32. The van der Waals surface area contributed by atoms with Gasteiger partial charge in [-0.2, -0.15) is 11.8 Å². The second kappa shape index (κ2) is 3.47. The number of carboxylic acid groups (broad SMARTS) is 1. The zero-order chi connectivity index (χ0) is 9.19. The number of carboxylic acids is 1. The molecule has 4 heteroatoms. The quantitative estimate of drug-likeness (QED) is 0.722. The minimum Gasteiger partial charge on any atom is -0.481 e. The van der Waals surface area contributed by atoms with Crippen molar-refractivity contribution in [3.05, 3.63) is 0 Å². The molecule has 1 N–H and O–H groups in total. The predicted molar refractivity (Wildman–Crippen MR) is 47.3 cm³/mol. The Kier molecular flexibility index (Phi) is 2.77. The molecule has 0 bridgehead atoms. The fraction of sp³-hybridized carbons (Fsp3) is 0.750. The summed E-state index contributed by atoms with van der Waals surface area (Å²) in [6.45, 7) is 1.45. The normalized spacial score (nSPS) is 28.8. The van der Waals surface area contributed by atoms with E-state index in [-0.39, 0.29) is 12.2 Å². The van der Waals surface area contributed by atoms with Gasteiger partial charge in [-0.1, -0.05) is 0 Å². The summed E-state index contributed by atoms with van der Waals surface area (Å²) in [7, 11) is 0. The lowest BCUT2D eigenvalue weighted by Gasteiger charge is -2.20. The van der Waals surface area contributed by atoms with Crippen LogP contribution in [0.3, 0.4) is 0 Å². The van der Waals surface area contributed by atoms with Gasteiger partial charge >= 0.3 is 5.97 Å². The van der Waals surface area contributed by atoms with Crippen LogP contribution in [-0.2, 0) is 9.59 Å². The maximum Gasteiger partial charge on any atom is 0.310 e. The Morgan fingerprint density at radius 2 is 2.25 bits per heavy atom. The van der Waals surface area contributed by atoms with Crippen LogP contribution in [0.2, 0.25) is 0 Å². The zero-order valence-corrected chi connectivity index (χ0v) is 7.82. The Balaban J connectivity index is 2.72. The van der Waals surface area contributed by atoms with Crippen molar-refractivity contribution < 1.29 is 14.7 Å². The second-order valence-electron chi connectivity index (χ2n) is 3.27. The first-order valence-corrected chi connectivity index (χ1v) is 5.03. The van der Waals surface area contributed by atoms with Crippen molar-refractivity contribution in [2.45, 2.75) is 19.8 Å². The predicted octanol–water partition coefficient (Wildman–Crippen LogP) is 1.17. The lowest BCUT2D eigenvalue weighted by molar-refractivity contribution is -0.149. The number of carbonyl (C=O) groups is 2. The average molecular weight is 188 g/mol. The fourth-order valence-electron chi connectivity index (χ4n) is 1.47. The van der Waals surface area contributed by atoms with Crippen molar-refractivity contribution in [1.82, 2.24) is 0 Å². The van der Waals surface area contributed by atoms with Crippen LogP contribution < -0.4 is 0 Å². The van der Waals surface area contributed by atoms with Gasteiger partial charge in [0.15, 0.2) is 0 Å². The maximum absolute atomic E-state index is 10.9. The second-order valence-corrected chi connectivity index (χ2v) is 4.37. The van der Waals surface area contributed by atoms with Crippen LogP contribution in [0.5, 0.6) is 0 Å². The van der Waals surface area contributed by atoms with E-state index in [0.717, 1.165) is 5.75 Å². The van der Waals surface area contributed by atoms with Gasteiger partial charge < -0.3 is 5.11 Å². The van der Waals surface area contributed by atoms with Gasteiger partial charge in [-0.25, -0.2) is 0 Å². The monoisotopic (exact) mass is 188 g/mol. The number of ketones is 1. The number of rotatable bonds is 3. The number of carbonyl (C=O) groups excluding carboxylic acids is 1. The number of Topliss-reactive ketones (excluding diaryl/α,β-unsaturated/α-hetero) is 1. The number of aliphatic carboxylic acids is 1. The molecule has 0 aliphatic carbocycles. The van der Waals surface area contributed by atoms with Gasteiger partial charge in [0.05, 0.1) is 5.41 Å². The van der Waals surface area contributed by atoms with Crippen LogP contribution in [0.25, 0.3) is 0 Å². The van der Waals surface area contributed by atoms with Gasteiger partial charge in [0.1, 0.15) is 5.78 Å². The molecule has 1 aliphatic rings. The van der Waals surface area contributed by atoms with Crippen molar-refractivity contribution in [1.29, 1.82) is 0 Å². The van der Waals surface area contributed by atoms with E-state index in [4.69, 9.17) is 5.11 Å². The van der Waals surface area contributed by atoms with E-state index >= 15 is 0 Å². The molecule has 3 nitrogen and oxygen atoms in total. The lowest BCUT2D eigenvalue weighted by atomic mass is 9.83. The number of hydrogen-bond donors (Lipinski definition) is 1. The minimum atomic E-state index is -0.817. The third-order valence-corrected chi connectivity index (χ3v) is 3.39. The molecule has 1 rings (SSSR count). The Hall–Kier alpha value is -0.510. The molecule has 1 saturated heterocycles. The molecule has 1 heterocycles. The summed E-state index contributed by atoms with van der Waals surface area (Å²) < 4.78 is 0. The standard InChI is InChI=1S/C8H12O3S/c1-6(9)4-8(7(10)11)2-3-12-5-8/h2-5H2,1H3,(H,10,11). The summed E-state index contributed by atoms with van der Waals surface area (Å²) in [5.74, 6) is 0.601. The Bertz CT molecular complexity index is 206. The number of thioether (sulfide) groups is 1. The number of hydrogen-bond acceptors (Lipinski definition) is 3. The summed E-state index contributed by atoms with van der Waals surface area (Å²) in [6.07, 6.45) is 0.821. The molecule has 1 fully saturated rings. The molecular weight excluding hydrogens is 176 g/mol. The van der Waals surface area contributed by atoms with E-state index in [1.807, 2.05) is 0 Å². The highest BCUT2D eigenvalue weighted by atomic mass is 32.2. The third kappa shape index (κ3) is 1.80.